The molecule has 0 saturated heterocycles. The Kier molecular flexibility index (Phi) is 15.4. The van der Waals surface area contributed by atoms with Crippen LogP contribution in [0.4, 0.5) is 0 Å². The SMILES string of the molecule is CC(C)(C#N)/N=N/C(C)(C)C#N.CC(C)(C)OOOC(=O)C(C)(C)C.CC(C)[C@H](N)C(=O)O. The Morgan fingerprint density at radius 2 is 1.24 bits per heavy atom. The van der Waals surface area contributed by atoms with Gasteiger partial charge in [0.2, 0.25) is 0 Å². The summed E-state index contributed by atoms with van der Waals surface area (Å²) in [5.74, 6) is -1.37. The minimum absolute atomic E-state index is 0.0208. The van der Waals surface area contributed by atoms with Crippen molar-refractivity contribution < 1.29 is 29.5 Å². The van der Waals surface area contributed by atoms with Crippen LogP contribution in [-0.4, -0.2) is 39.8 Å². The first-order valence-electron chi connectivity index (χ1n) is 10.3. The maximum Gasteiger partial charge on any atom is 0.350 e. The molecule has 0 aromatic rings. The molecule has 0 aromatic carbocycles. The predicted molar refractivity (Wildman–Crippen MR) is 122 cm³/mol. The Balaban J connectivity index is -0.000000421. The van der Waals surface area contributed by atoms with E-state index in [2.05, 4.69) is 20.2 Å². The van der Waals surface area contributed by atoms with Gasteiger partial charge in [0.25, 0.3) is 0 Å². The minimum atomic E-state index is -0.931. The third-order valence-electron chi connectivity index (χ3n) is 3.11. The van der Waals surface area contributed by atoms with Gasteiger partial charge in [0.15, 0.2) is 11.1 Å². The highest BCUT2D eigenvalue weighted by Gasteiger charge is 2.25. The molecule has 0 unspecified atom stereocenters. The van der Waals surface area contributed by atoms with Crippen molar-refractivity contribution in [3.05, 3.63) is 0 Å². The molecule has 0 amide bonds. The summed E-state index contributed by atoms with van der Waals surface area (Å²) in [6.45, 7) is 20.7. The highest BCUT2D eigenvalue weighted by molar-refractivity contribution is 5.74. The molecule has 3 N–H and O–H groups in total. The quantitative estimate of drug-likeness (QED) is 0.323. The summed E-state index contributed by atoms with van der Waals surface area (Å²) < 4.78 is 0. The number of nitrogens with two attached hydrogens (primary N) is 1. The van der Waals surface area contributed by atoms with Gasteiger partial charge in [0, 0.05) is 0 Å². The maximum absolute atomic E-state index is 11.1. The van der Waals surface area contributed by atoms with Gasteiger partial charge in [-0.05, 0) is 80.2 Å². The molecule has 0 heterocycles. The summed E-state index contributed by atoms with van der Waals surface area (Å²) in [7, 11) is 0. The van der Waals surface area contributed by atoms with Crippen LogP contribution in [0.2, 0.25) is 0 Å². The van der Waals surface area contributed by atoms with E-state index in [1.165, 1.54) is 0 Å². The number of rotatable bonds is 6. The summed E-state index contributed by atoms with van der Waals surface area (Å²) in [5, 5.41) is 37.2. The second-order valence-corrected chi connectivity index (χ2v) is 10.5. The summed E-state index contributed by atoms with van der Waals surface area (Å²) in [6.07, 6.45) is 0. The lowest BCUT2D eigenvalue weighted by Crippen LogP contribution is -2.34. The highest BCUT2D eigenvalue weighted by Crippen LogP contribution is 2.16. The average Bonchev–Trinajstić information content (AvgIpc) is 2.65. The average molecular weight is 472 g/mol. The van der Waals surface area contributed by atoms with Crippen LogP contribution >= 0.6 is 0 Å². The molecule has 0 spiro atoms. The first-order valence-corrected chi connectivity index (χ1v) is 10.3. The number of carboxylic acids is 1. The van der Waals surface area contributed by atoms with Crippen LogP contribution in [0, 0.1) is 34.0 Å². The van der Waals surface area contributed by atoms with Gasteiger partial charge in [-0.1, -0.05) is 13.8 Å². The van der Waals surface area contributed by atoms with Crippen LogP contribution < -0.4 is 5.73 Å². The van der Waals surface area contributed by atoms with Crippen molar-refractivity contribution in [2.75, 3.05) is 0 Å². The Morgan fingerprint density at radius 3 is 1.42 bits per heavy atom. The number of aliphatic carboxylic acids is 1. The van der Waals surface area contributed by atoms with Crippen LogP contribution in [0.3, 0.4) is 0 Å². The predicted octanol–water partition coefficient (Wildman–Crippen LogP) is 4.33. The molecule has 11 heteroatoms. The van der Waals surface area contributed by atoms with Crippen molar-refractivity contribution in [2.24, 2.45) is 27.3 Å². The van der Waals surface area contributed by atoms with Crippen molar-refractivity contribution in [2.45, 2.75) is 106 Å². The zero-order chi connectivity index (χ0) is 27.3. The van der Waals surface area contributed by atoms with Gasteiger partial charge >= 0.3 is 11.9 Å². The van der Waals surface area contributed by atoms with E-state index < -0.39 is 40.1 Å². The van der Waals surface area contributed by atoms with Crippen LogP contribution in [0.5, 0.6) is 0 Å². The molecule has 0 fully saturated rings. The summed E-state index contributed by atoms with van der Waals surface area (Å²) in [6, 6.07) is 3.22. The molecule has 0 radical (unpaired) electrons. The zero-order valence-corrected chi connectivity index (χ0v) is 22.0. The first-order chi connectivity index (χ1) is 14.5. The molecule has 0 rings (SSSR count). The fourth-order valence-corrected chi connectivity index (χ4v) is 0.855. The van der Waals surface area contributed by atoms with E-state index in [-0.39, 0.29) is 5.92 Å². The lowest BCUT2D eigenvalue weighted by atomic mass is 9.98. The van der Waals surface area contributed by atoms with Gasteiger partial charge in [-0.15, -0.1) is 0 Å². The van der Waals surface area contributed by atoms with Gasteiger partial charge < -0.3 is 10.8 Å². The van der Waals surface area contributed by atoms with E-state index in [4.69, 9.17) is 26.3 Å². The molecule has 11 nitrogen and oxygen atoms in total. The summed E-state index contributed by atoms with van der Waals surface area (Å²) in [4.78, 5) is 30.3. The van der Waals surface area contributed by atoms with Gasteiger partial charge in [-0.25, -0.2) is 4.79 Å². The van der Waals surface area contributed by atoms with E-state index in [1.54, 1.807) is 83.1 Å². The van der Waals surface area contributed by atoms with Crippen LogP contribution in [-0.2, 0) is 24.4 Å². The number of hydrogen-bond donors (Lipinski definition) is 2. The third-order valence-corrected chi connectivity index (χ3v) is 3.11. The number of azo groups is 1. The Hall–Kier alpha value is -2.60. The van der Waals surface area contributed by atoms with E-state index in [1.807, 2.05) is 12.1 Å². The smallest absolute Gasteiger partial charge is 0.350 e. The van der Waals surface area contributed by atoms with E-state index in [0.29, 0.717) is 0 Å². The topological polar surface area (TPSA) is 180 Å². The maximum atomic E-state index is 11.1. The first kappa shape index (κ1) is 35.0. The van der Waals surface area contributed by atoms with Crippen LogP contribution in [0.1, 0.15) is 83.1 Å². The fraction of sp³-hybridized carbons (Fsp3) is 0.818. The second-order valence-electron chi connectivity index (χ2n) is 10.5. The van der Waals surface area contributed by atoms with E-state index in [9.17, 15) is 9.59 Å². The minimum Gasteiger partial charge on any atom is -0.480 e. The standard InChI is InChI=1S/C9H18O4.C8H12N4.C5H11NO2/c1-8(2,3)7(10)11-13-12-9(4,5)6;1-7(2,5-9)11-12-8(3,4)6-10;1-3(2)4(6)5(7)8/h1-6H3;1-4H3;3-4H,6H2,1-2H3,(H,7,8)/b;12-11+;/t;;4-/m..0/s1. The van der Waals surface area contributed by atoms with Crippen molar-refractivity contribution in [1.29, 1.82) is 10.5 Å². The van der Waals surface area contributed by atoms with E-state index in [0.717, 1.165) is 0 Å². The molecular weight excluding hydrogens is 430 g/mol. The van der Waals surface area contributed by atoms with Crippen LogP contribution in [0.25, 0.3) is 0 Å². The van der Waals surface area contributed by atoms with Crippen molar-refractivity contribution >= 4 is 11.9 Å². The largest absolute Gasteiger partial charge is 0.480 e. The number of nitrogens with zero attached hydrogens (tertiary/aromatic N) is 4. The molecule has 1 atom stereocenters. The fourth-order valence-electron chi connectivity index (χ4n) is 0.855. The van der Waals surface area contributed by atoms with Crippen molar-refractivity contribution in [1.82, 2.24) is 0 Å². The number of hydrogen-bond acceptors (Lipinski definition) is 10. The molecule has 0 saturated carbocycles. The molecule has 0 aliphatic heterocycles. The summed E-state index contributed by atoms with van der Waals surface area (Å²) >= 11 is 0. The lowest BCUT2D eigenvalue weighted by Gasteiger charge is -2.18. The number of carbonyl (C=O) groups excluding carboxylic acids is 1. The third kappa shape index (κ3) is 22.4. The molecule has 0 bridgehead atoms. The van der Waals surface area contributed by atoms with Crippen molar-refractivity contribution in [3.8, 4) is 12.1 Å². The lowest BCUT2D eigenvalue weighted by molar-refractivity contribution is -0.516. The van der Waals surface area contributed by atoms with Gasteiger partial charge in [-0.3, -0.25) is 9.68 Å². The Labute approximate surface area is 197 Å². The number of carboxylic acid groups (broad SMARTS) is 1. The van der Waals surface area contributed by atoms with E-state index >= 15 is 0 Å². The molecule has 33 heavy (non-hydrogen) atoms. The molecule has 0 aliphatic rings. The van der Waals surface area contributed by atoms with Gasteiger partial charge in [-0.2, -0.15) is 25.6 Å². The second kappa shape index (κ2) is 14.5. The Bertz CT molecular complexity index is 692. The number of carbonyl (C=O) groups is 2. The molecule has 190 valence electrons. The highest BCUT2D eigenvalue weighted by atomic mass is 17.5. The number of nitriles is 2. The normalized spacial score (nSPS) is 13.0. The van der Waals surface area contributed by atoms with Crippen LogP contribution in [0.15, 0.2) is 10.2 Å². The zero-order valence-electron chi connectivity index (χ0n) is 22.0. The monoisotopic (exact) mass is 471 g/mol. The van der Waals surface area contributed by atoms with Gasteiger partial charge in [0.05, 0.1) is 23.2 Å². The molecule has 0 aliphatic carbocycles. The Morgan fingerprint density at radius 1 is 0.879 bits per heavy atom. The molecule has 0 aromatic heterocycles. The van der Waals surface area contributed by atoms with Gasteiger partial charge in [0.1, 0.15) is 6.04 Å². The van der Waals surface area contributed by atoms with Crippen molar-refractivity contribution in [3.63, 3.8) is 0 Å². The molecular formula is C22H41N5O6. The summed E-state index contributed by atoms with van der Waals surface area (Å²) in [5.41, 5.74) is 2.41.